The molecule has 4 heteroatoms. The Labute approximate surface area is 123 Å². The zero-order valence-corrected chi connectivity index (χ0v) is 11.8. The van der Waals surface area contributed by atoms with E-state index in [4.69, 9.17) is 10.5 Å². The smallest absolute Gasteiger partial charge is 0.205 e. The third-order valence-corrected chi connectivity index (χ3v) is 4.00. The lowest BCUT2D eigenvalue weighted by Gasteiger charge is -2.32. The molecule has 0 saturated heterocycles. The highest BCUT2D eigenvalue weighted by Gasteiger charge is 2.39. The summed E-state index contributed by atoms with van der Waals surface area (Å²) >= 11 is 0. The molecule has 0 unspecified atom stereocenters. The van der Waals surface area contributed by atoms with Crippen LogP contribution in [0.1, 0.15) is 31.2 Å². The number of nitrogens with zero attached hydrogens (tertiary/aromatic N) is 1. The van der Waals surface area contributed by atoms with E-state index in [2.05, 4.69) is 6.07 Å². The minimum atomic E-state index is -0.403. The molecule has 0 fully saturated rings. The molecule has 0 saturated carbocycles. The van der Waals surface area contributed by atoms with E-state index in [0.29, 0.717) is 29.7 Å². The van der Waals surface area contributed by atoms with Gasteiger partial charge in [0.2, 0.25) is 5.88 Å². The third kappa shape index (κ3) is 2.21. The molecule has 0 spiro atoms. The van der Waals surface area contributed by atoms with Crippen molar-refractivity contribution in [1.82, 2.24) is 0 Å². The van der Waals surface area contributed by atoms with Crippen molar-refractivity contribution in [3.63, 3.8) is 0 Å². The minimum Gasteiger partial charge on any atom is -0.444 e. The Morgan fingerprint density at radius 2 is 2.00 bits per heavy atom. The van der Waals surface area contributed by atoms with Gasteiger partial charge in [0.05, 0.1) is 5.92 Å². The monoisotopic (exact) mass is 280 g/mol. The number of ether oxygens (including phenoxy) is 1. The predicted octanol–water partition coefficient (Wildman–Crippen LogP) is 2.75. The first-order valence-electron chi connectivity index (χ1n) is 7.00. The molecule has 1 heterocycles. The molecule has 0 radical (unpaired) electrons. The minimum absolute atomic E-state index is 0.0536. The summed E-state index contributed by atoms with van der Waals surface area (Å²) in [7, 11) is 0. The maximum atomic E-state index is 12.5. The molecule has 2 atom stereocenters. The summed E-state index contributed by atoms with van der Waals surface area (Å²) in [5.74, 6) is 0.637. The predicted molar refractivity (Wildman–Crippen MR) is 77.5 cm³/mol. The molecule has 2 aliphatic rings. The summed E-state index contributed by atoms with van der Waals surface area (Å²) in [4.78, 5) is 12.5. The Hall–Kier alpha value is -2.54. The van der Waals surface area contributed by atoms with E-state index in [1.807, 2.05) is 37.3 Å². The van der Waals surface area contributed by atoms with E-state index in [1.54, 1.807) is 0 Å². The van der Waals surface area contributed by atoms with Crippen LogP contribution in [-0.4, -0.2) is 5.78 Å². The van der Waals surface area contributed by atoms with Gasteiger partial charge in [-0.15, -0.1) is 0 Å². The zero-order chi connectivity index (χ0) is 15.0. The molecule has 3 rings (SSSR count). The molecule has 0 bridgehead atoms. The van der Waals surface area contributed by atoms with Crippen LogP contribution in [0.2, 0.25) is 0 Å². The number of nitriles is 1. The fourth-order valence-electron chi connectivity index (χ4n) is 3.07. The fourth-order valence-corrected chi connectivity index (χ4v) is 3.07. The zero-order valence-electron chi connectivity index (χ0n) is 11.8. The average Bonchev–Trinajstić information content (AvgIpc) is 2.46. The Morgan fingerprint density at radius 3 is 2.67 bits per heavy atom. The number of Topliss-reactive ketones (excluding diaryl/α,β-unsaturated/α-hetero) is 1. The molecule has 1 aromatic rings. The number of ketones is 1. The van der Waals surface area contributed by atoms with Crippen LogP contribution < -0.4 is 5.73 Å². The van der Waals surface area contributed by atoms with E-state index in [9.17, 15) is 10.1 Å². The SMILES string of the molecule is C[C@H]1CC(=O)C2=C(C1)OC(N)=C(C#N)[C@H]2c1ccccc1. The Kier molecular flexibility index (Phi) is 3.26. The Bertz CT molecular complexity index is 695. The van der Waals surface area contributed by atoms with Gasteiger partial charge in [-0.1, -0.05) is 37.3 Å². The summed E-state index contributed by atoms with van der Waals surface area (Å²) in [6, 6.07) is 11.6. The lowest BCUT2D eigenvalue weighted by atomic mass is 9.75. The second-order valence-corrected chi connectivity index (χ2v) is 5.61. The molecule has 1 aromatic carbocycles. The molecule has 0 amide bonds. The average molecular weight is 280 g/mol. The maximum absolute atomic E-state index is 12.5. The summed E-state index contributed by atoms with van der Waals surface area (Å²) in [6.45, 7) is 2.02. The van der Waals surface area contributed by atoms with Crippen LogP contribution in [0.5, 0.6) is 0 Å². The first-order chi connectivity index (χ1) is 10.1. The largest absolute Gasteiger partial charge is 0.444 e. The maximum Gasteiger partial charge on any atom is 0.205 e. The standard InChI is InChI=1S/C17H16N2O2/c1-10-7-13(20)16-14(8-10)21-17(19)12(9-18)15(16)11-5-3-2-4-6-11/h2-6,10,15H,7-8,19H2,1H3/t10-,15+/m0/s1. The highest BCUT2D eigenvalue weighted by Crippen LogP contribution is 2.44. The third-order valence-electron chi connectivity index (χ3n) is 4.00. The van der Waals surface area contributed by atoms with E-state index in [-0.39, 0.29) is 17.6 Å². The van der Waals surface area contributed by atoms with Crippen LogP contribution in [0.15, 0.2) is 53.1 Å². The van der Waals surface area contributed by atoms with Crippen molar-refractivity contribution >= 4 is 5.78 Å². The lowest BCUT2D eigenvalue weighted by Crippen LogP contribution is -2.29. The highest BCUT2D eigenvalue weighted by atomic mass is 16.5. The number of carbonyl (C=O) groups is 1. The van der Waals surface area contributed by atoms with Gasteiger partial charge in [-0.25, -0.2) is 0 Å². The van der Waals surface area contributed by atoms with Crippen molar-refractivity contribution < 1.29 is 9.53 Å². The molecule has 2 N–H and O–H groups in total. The van der Waals surface area contributed by atoms with Crippen LogP contribution in [-0.2, 0) is 9.53 Å². The summed E-state index contributed by atoms with van der Waals surface area (Å²) in [5.41, 5.74) is 7.73. The second-order valence-electron chi connectivity index (χ2n) is 5.61. The van der Waals surface area contributed by atoms with Gasteiger partial charge in [-0.3, -0.25) is 4.79 Å². The van der Waals surface area contributed by atoms with Gasteiger partial charge in [0, 0.05) is 18.4 Å². The van der Waals surface area contributed by atoms with Gasteiger partial charge in [-0.05, 0) is 11.5 Å². The Morgan fingerprint density at radius 1 is 1.29 bits per heavy atom. The molecule has 106 valence electrons. The van der Waals surface area contributed by atoms with Crippen molar-refractivity contribution in [2.45, 2.75) is 25.7 Å². The molecule has 1 aliphatic heterocycles. The number of nitrogens with two attached hydrogens (primary N) is 1. The topological polar surface area (TPSA) is 76.1 Å². The number of hydrogen-bond donors (Lipinski definition) is 1. The van der Waals surface area contributed by atoms with Gasteiger partial charge < -0.3 is 10.5 Å². The lowest BCUT2D eigenvalue weighted by molar-refractivity contribution is -0.117. The van der Waals surface area contributed by atoms with Gasteiger partial charge in [0.15, 0.2) is 5.78 Å². The van der Waals surface area contributed by atoms with Gasteiger partial charge in [-0.2, -0.15) is 5.26 Å². The summed E-state index contributed by atoms with van der Waals surface area (Å²) < 4.78 is 5.58. The van der Waals surface area contributed by atoms with Crippen molar-refractivity contribution in [1.29, 1.82) is 5.26 Å². The summed E-state index contributed by atoms with van der Waals surface area (Å²) in [5, 5.41) is 9.42. The van der Waals surface area contributed by atoms with Crippen molar-refractivity contribution in [2.24, 2.45) is 11.7 Å². The molecule has 4 nitrogen and oxygen atoms in total. The van der Waals surface area contributed by atoms with Crippen LogP contribution >= 0.6 is 0 Å². The molecule has 21 heavy (non-hydrogen) atoms. The van der Waals surface area contributed by atoms with Crippen molar-refractivity contribution in [3.05, 3.63) is 58.7 Å². The number of rotatable bonds is 1. The highest BCUT2D eigenvalue weighted by molar-refractivity contribution is 5.99. The number of benzene rings is 1. The van der Waals surface area contributed by atoms with E-state index < -0.39 is 5.92 Å². The Balaban J connectivity index is 2.17. The number of hydrogen-bond acceptors (Lipinski definition) is 4. The van der Waals surface area contributed by atoms with Crippen molar-refractivity contribution in [2.75, 3.05) is 0 Å². The first-order valence-corrected chi connectivity index (χ1v) is 7.00. The second kappa shape index (κ2) is 5.10. The van der Waals surface area contributed by atoms with E-state index >= 15 is 0 Å². The van der Waals surface area contributed by atoms with Crippen molar-refractivity contribution in [3.8, 4) is 6.07 Å². The van der Waals surface area contributed by atoms with Crippen LogP contribution in [0.4, 0.5) is 0 Å². The molecular weight excluding hydrogens is 264 g/mol. The number of carbonyl (C=O) groups excluding carboxylic acids is 1. The normalized spacial score (nSPS) is 25.2. The van der Waals surface area contributed by atoms with Gasteiger partial charge >= 0.3 is 0 Å². The first kappa shape index (κ1) is 13.4. The van der Waals surface area contributed by atoms with Crippen LogP contribution in [0.3, 0.4) is 0 Å². The number of allylic oxidation sites excluding steroid dienone is 3. The quantitative estimate of drug-likeness (QED) is 0.858. The van der Waals surface area contributed by atoms with Crippen LogP contribution in [0.25, 0.3) is 0 Å². The molecule has 1 aliphatic carbocycles. The fraction of sp³-hybridized carbons (Fsp3) is 0.294. The molecule has 0 aromatic heterocycles. The van der Waals surface area contributed by atoms with E-state index in [1.165, 1.54) is 0 Å². The van der Waals surface area contributed by atoms with Crippen LogP contribution in [0, 0.1) is 17.2 Å². The van der Waals surface area contributed by atoms with E-state index in [0.717, 1.165) is 5.56 Å². The molecular formula is C17H16N2O2. The van der Waals surface area contributed by atoms with Gasteiger partial charge in [0.25, 0.3) is 0 Å². The summed E-state index contributed by atoms with van der Waals surface area (Å²) in [6.07, 6.45) is 1.17. The van der Waals surface area contributed by atoms with Gasteiger partial charge in [0.1, 0.15) is 17.4 Å².